The van der Waals surface area contributed by atoms with Crippen LogP contribution in [0.25, 0.3) is 0 Å². The molecule has 7 heteroatoms. The van der Waals surface area contributed by atoms with Gasteiger partial charge in [0.25, 0.3) is 0 Å². The smallest absolute Gasteiger partial charge is 0.240 e. The van der Waals surface area contributed by atoms with Crippen LogP contribution in [0.5, 0.6) is 0 Å². The van der Waals surface area contributed by atoms with E-state index in [1.54, 1.807) is 6.07 Å². The lowest BCUT2D eigenvalue weighted by molar-refractivity contribution is -0.115. The molecule has 0 radical (unpaired) electrons. The lowest BCUT2D eigenvalue weighted by Crippen LogP contribution is -2.28. The summed E-state index contributed by atoms with van der Waals surface area (Å²) in [6.45, 7) is 2.18. The monoisotopic (exact) mass is 298 g/mol. The number of fused-ring (bicyclic) bond motifs is 1. The maximum absolute atomic E-state index is 12.1. The van der Waals surface area contributed by atoms with Crippen LogP contribution < -0.4 is 10.0 Å². The van der Waals surface area contributed by atoms with Gasteiger partial charge < -0.3 is 10.4 Å². The number of aliphatic hydroxyl groups is 1. The van der Waals surface area contributed by atoms with Crippen molar-refractivity contribution >= 4 is 21.6 Å². The summed E-state index contributed by atoms with van der Waals surface area (Å²) in [5, 5.41) is 11.5. The molecule has 1 aromatic rings. The molecule has 0 aliphatic carbocycles. The van der Waals surface area contributed by atoms with E-state index in [1.165, 1.54) is 12.1 Å². The Morgan fingerprint density at radius 2 is 2.20 bits per heavy atom. The van der Waals surface area contributed by atoms with Crippen LogP contribution in [-0.4, -0.2) is 32.6 Å². The van der Waals surface area contributed by atoms with Crippen molar-refractivity contribution in [2.75, 3.05) is 18.5 Å². The Bertz CT molecular complexity index is 613. The fraction of sp³-hybridized carbons (Fsp3) is 0.462. The summed E-state index contributed by atoms with van der Waals surface area (Å²) in [5.41, 5.74) is 1.36. The number of hydrogen-bond donors (Lipinski definition) is 3. The third-order valence-corrected chi connectivity index (χ3v) is 4.68. The van der Waals surface area contributed by atoms with Gasteiger partial charge in [-0.3, -0.25) is 4.79 Å². The zero-order chi connectivity index (χ0) is 14.8. The molecule has 1 amide bonds. The van der Waals surface area contributed by atoms with Gasteiger partial charge in [0.1, 0.15) is 0 Å². The number of amides is 1. The number of carbonyl (C=O) groups excluding carboxylic acids is 1. The van der Waals surface area contributed by atoms with Crippen LogP contribution in [0, 0.1) is 5.92 Å². The van der Waals surface area contributed by atoms with E-state index >= 15 is 0 Å². The molecule has 0 saturated heterocycles. The van der Waals surface area contributed by atoms with Gasteiger partial charge in [-0.2, -0.15) is 0 Å². The van der Waals surface area contributed by atoms with Gasteiger partial charge in [0, 0.05) is 18.8 Å². The molecule has 0 saturated carbocycles. The summed E-state index contributed by atoms with van der Waals surface area (Å²) in [5.74, 6) is -0.0634. The van der Waals surface area contributed by atoms with E-state index in [1.807, 2.05) is 6.92 Å². The van der Waals surface area contributed by atoms with Crippen molar-refractivity contribution in [3.8, 4) is 0 Å². The topological polar surface area (TPSA) is 95.5 Å². The predicted octanol–water partition coefficient (Wildman–Crippen LogP) is 0.478. The van der Waals surface area contributed by atoms with E-state index in [0.29, 0.717) is 17.7 Å². The number of carbonyl (C=O) groups is 1. The second-order valence-corrected chi connectivity index (χ2v) is 6.78. The van der Waals surface area contributed by atoms with Gasteiger partial charge in [0.15, 0.2) is 0 Å². The molecule has 6 nitrogen and oxygen atoms in total. The molecule has 110 valence electrons. The Kier molecular flexibility index (Phi) is 4.42. The Balaban J connectivity index is 2.11. The van der Waals surface area contributed by atoms with Gasteiger partial charge >= 0.3 is 0 Å². The van der Waals surface area contributed by atoms with Gasteiger partial charge in [-0.05, 0) is 36.1 Å². The van der Waals surface area contributed by atoms with E-state index in [9.17, 15) is 13.2 Å². The highest BCUT2D eigenvalue weighted by molar-refractivity contribution is 7.89. The summed E-state index contributed by atoms with van der Waals surface area (Å²) in [6, 6.07) is 4.60. The van der Waals surface area contributed by atoms with Gasteiger partial charge in [0.05, 0.1) is 11.3 Å². The van der Waals surface area contributed by atoms with Gasteiger partial charge in [-0.25, -0.2) is 13.1 Å². The highest BCUT2D eigenvalue weighted by Gasteiger charge is 2.21. The first-order valence-corrected chi connectivity index (χ1v) is 7.94. The van der Waals surface area contributed by atoms with Crippen molar-refractivity contribution in [3.63, 3.8) is 0 Å². The standard InChI is InChI=1S/C13H18N2O4S/c1-9(4-5-16)8-14-20(18,19)11-2-3-12-10(6-11)7-13(17)15-12/h2-3,6,9,14,16H,4-5,7-8H2,1H3,(H,15,17). The summed E-state index contributed by atoms with van der Waals surface area (Å²) >= 11 is 0. The first-order valence-electron chi connectivity index (χ1n) is 6.45. The van der Waals surface area contributed by atoms with Crippen LogP contribution in [0.2, 0.25) is 0 Å². The summed E-state index contributed by atoms with van der Waals surface area (Å²) in [4.78, 5) is 11.4. The minimum Gasteiger partial charge on any atom is -0.396 e. The Hall–Kier alpha value is -1.44. The second-order valence-electron chi connectivity index (χ2n) is 5.01. The maximum Gasteiger partial charge on any atom is 0.240 e. The van der Waals surface area contributed by atoms with Crippen LogP contribution in [-0.2, 0) is 21.2 Å². The predicted molar refractivity (Wildman–Crippen MR) is 74.8 cm³/mol. The number of hydrogen-bond acceptors (Lipinski definition) is 4. The van der Waals surface area contributed by atoms with E-state index < -0.39 is 10.0 Å². The summed E-state index contributed by atoms with van der Waals surface area (Å²) in [7, 11) is -3.58. The quantitative estimate of drug-likeness (QED) is 0.712. The number of nitrogens with one attached hydrogen (secondary N) is 2. The minimum atomic E-state index is -3.58. The lowest BCUT2D eigenvalue weighted by atomic mass is 10.1. The van der Waals surface area contributed by atoms with Crippen LogP contribution in [0.3, 0.4) is 0 Å². The molecule has 0 aromatic heterocycles. The number of aliphatic hydroxyl groups excluding tert-OH is 1. The average molecular weight is 298 g/mol. The minimum absolute atomic E-state index is 0.0372. The normalized spacial score (nSPS) is 15.8. The Morgan fingerprint density at radius 3 is 2.90 bits per heavy atom. The highest BCUT2D eigenvalue weighted by Crippen LogP contribution is 2.25. The lowest BCUT2D eigenvalue weighted by Gasteiger charge is -2.12. The van der Waals surface area contributed by atoms with Crippen molar-refractivity contribution in [3.05, 3.63) is 23.8 Å². The zero-order valence-corrected chi connectivity index (χ0v) is 12.0. The van der Waals surface area contributed by atoms with Crippen molar-refractivity contribution in [1.29, 1.82) is 0 Å². The fourth-order valence-electron chi connectivity index (χ4n) is 2.03. The SMILES string of the molecule is CC(CCO)CNS(=O)(=O)c1ccc2c(c1)CC(=O)N2. The van der Waals surface area contributed by atoms with Crippen LogP contribution in [0.15, 0.2) is 23.1 Å². The first kappa shape index (κ1) is 15.0. The van der Waals surface area contributed by atoms with Gasteiger partial charge in [-0.15, -0.1) is 0 Å². The Morgan fingerprint density at radius 1 is 1.45 bits per heavy atom. The van der Waals surface area contributed by atoms with Gasteiger partial charge in [0.2, 0.25) is 15.9 Å². The number of sulfonamides is 1. The summed E-state index contributed by atoms with van der Waals surface area (Å²) < 4.78 is 26.8. The third-order valence-electron chi connectivity index (χ3n) is 3.26. The Labute approximate surface area is 118 Å². The average Bonchev–Trinajstić information content (AvgIpc) is 2.76. The van der Waals surface area contributed by atoms with Crippen LogP contribution in [0.4, 0.5) is 5.69 Å². The number of benzene rings is 1. The van der Waals surface area contributed by atoms with E-state index in [0.717, 1.165) is 0 Å². The maximum atomic E-state index is 12.1. The molecule has 1 heterocycles. The van der Waals surface area contributed by atoms with E-state index in [-0.39, 0.29) is 36.3 Å². The molecule has 1 unspecified atom stereocenters. The molecule has 3 N–H and O–H groups in total. The molecule has 0 spiro atoms. The molecule has 0 fully saturated rings. The van der Waals surface area contributed by atoms with Crippen molar-refractivity contribution in [2.24, 2.45) is 5.92 Å². The molecule has 0 bridgehead atoms. The van der Waals surface area contributed by atoms with Gasteiger partial charge in [-0.1, -0.05) is 6.92 Å². The largest absolute Gasteiger partial charge is 0.396 e. The zero-order valence-electron chi connectivity index (χ0n) is 11.2. The number of rotatable bonds is 6. The molecular formula is C13H18N2O4S. The molecule has 1 aliphatic rings. The molecule has 1 aromatic carbocycles. The first-order chi connectivity index (χ1) is 9.42. The van der Waals surface area contributed by atoms with Crippen molar-refractivity contribution in [1.82, 2.24) is 4.72 Å². The van der Waals surface area contributed by atoms with Crippen LogP contribution in [0.1, 0.15) is 18.9 Å². The molecular weight excluding hydrogens is 280 g/mol. The molecule has 1 aliphatic heterocycles. The van der Waals surface area contributed by atoms with Crippen molar-refractivity contribution < 1.29 is 18.3 Å². The third kappa shape index (κ3) is 3.36. The summed E-state index contributed by atoms with van der Waals surface area (Å²) in [6.07, 6.45) is 0.755. The van der Waals surface area contributed by atoms with E-state index in [4.69, 9.17) is 5.11 Å². The second kappa shape index (κ2) is 5.90. The van der Waals surface area contributed by atoms with E-state index in [2.05, 4.69) is 10.0 Å². The number of anilines is 1. The molecule has 2 rings (SSSR count). The van der Waals surface area contributed by atoms with Crippen molar-refractivity contribution in [2.45, 2.75) is 24.7 Å². The highest BCUT2D eigenvalue weighted by atomic mass is 32.2. The van der Waals surface area contributed by atoms with Crippen LogP contribution >= 0.6 is 0 Å². The molecule has 1 atom stereocenters. The molecule has 20 heavy (non-hydrogen) atoms. The fourth-order valence-corrected chi connectivity index (χ4v) is 3.25.